The second kappa shape index (κ2) is 7.65. The molecule has 0 N–H and O–H groups in total. The average Bonchev–Trinajstić information content (AvgIpc) is 2.93. The van der Waals surface area contributed by atoms with Crippen LogP contribution in [0, 0.1) is 5.82 Å². The predicted octanol–water partition coefficient (Wildman–Crippen LogP) is 4.87. The molecule has 0 saturated heterocycles. The fourth-order valence-electron chi connectivity index (χ4n) is 3.91. The molecule has 0 unspecified atom stereocenters. The van der Waals surface area contributed by atoms with Crippen molar-refractivity contribution in [1.82, 2.24) is 14.7 Å². The summed E-state index contributed by atoms with van der Waals surface area (Å²) in [6.45, 7) is 7.31. The zero-order valence-electron chi connectivity index (χ0n) is 16.0. The lowest BCUT2D eigenvalue weighted by atomic mass is 10.0. The third kappa shape index (κ3) is 3.81. The molecule has 140 valence electrons. The Labute approximate surface area is 160 Å². The van der Waals surface area contributed by atoms with Gasteiger partial charge >= 0.3 is 0 Å². The fourth-order valence-corrected chi connectivity index (χ4v) is 3.91. The van der Waals surface area contributed by atoms with Gasteiger partial charge in [-0.2, -0.15) is 5.10 Å². The van der Waals surface area contributed by atoms with Crippen LogP contribution in [0.25, 0.3) is 11.3 Å². The van der Waals surface area contributed by atoms with Crippen LogP contribution in [0.15, 0.2) is 54.6 Å². The summed E-state index contributed by atoms with van der Waals surface area (Å²) in [6.07, 6.45) is 1.93. The normalized spacial score (nSPS) is 15.0. The summed E-state index contributed by atoms with van der Waals surface area (Å²) in [6, 6.07) is 17.7. The molecule has 0 aliphatic carbocycles. The molecule has 1 aliphatic rings. The van der Waals surface area contributed by atoms with Crippen molar-refractivity contribution < 1.29 is 4.39 Å². The maximum Gasteiger partial charge on any atom is 0.123 e. The molecular formula is C23H26FN3. The zero-order valence-corrected chi connectivity index (χ0v) is 16.0. The number of aromatic nitrogens is 2. The zero-order chi connectivity index (χ0) is 18.8. The first-order valence-electron chi connectivity index (χ1n) is 9.74. The summed E-state index contributed by atoms with van der Waals surface area (Å²) < 4.78 is 15.5. The van der Waals surface area contributed by atoms with E-state index in [4.69, 9.17) is 5.10 Å². The van der Waals surface area contributed by atoms with Gasteiger partial charge in [0.2, 0.25) is 0 Å². The molecule has 2 aromatic carbocycles. The van der Waals surface area contributed by atoms with Crippen LogP contribution in [0.5, 0.6) is 0 Å². The quantitative estimate of drug-likeness (QED) is 0.659. The van der Waals surface area contributed by atoms with E-state index in [9.17, 15) is 4.39 Å². The second-order valence-electron chi connectivity index (χ2n) is 7.58. The summed E-state index contributed by atoms with van der Waals surface area (Å²) >= 11 is 0. The van der Waals surface area contributed by atoms with Crippen LogP contribution in [0.4, 0.5) is 4.39 Å². The van der Waals surface area contributed by atoms with E-state index >= 15 is 0 Å². The SMILES string of the molecule is CC(C)n1nc2c(c1-c1ccc(F)cc1)CCN(Cc1ccccc1)CC2. The van der Waals surface area contributed by atoms with E-state index < -0.39 is 0 Å². The van der Waals surface area contributed by atoms with Crippen LogP contribution in [0.1, 0.15) is 36.7 Å². The summed E-state index contributed by atoms with van der Waals surface area (Å²) in [5, 5.41) is 4.95. The molecule has 0 saturated carbocycles. The number of fused-ring (bicyclic) bond motifs is 1. The molecule has 4 rings (SSSR count). The largest absolute Gasteiger partial charge is 0.298 e. The molecule has 2 heterocycles. The summed E-state index contributed by atoms with van der Waals surface area (Å²) in [5.41, 5.74) is 6.07. The van der Waals surface area contributed by atoms with E-state index in [-0.39, 0.29) is 11.9 Å². The minimum atomic E-state index is -0.200. The van der Waals surface area contributed by atoms with E-state index in [0.29, 0.717) is 0 Å². The topological polar surface area (TPSA) is 21.1 Å². The molecule has 0 radical (unpaired) electrons. The van der Waals surface area contributed by atoms with Gasteiger partial charge in [0.1, 0.15) is 5.82 Å². The Morgan fingerprint density at radius 3 is 2.37 bits per heavy atom. The number of rotatable bonds is 4. The van der Waals surface area contributed by atoms with Gasteiger partial charge in [-0.15, -0.1) is 0 Å². The minimum Gasteiger partial charge on any atom is -0.298 e. The molecule has 0 fully saturated rings. The summed E-state index contributed by atoms with van der Waals surface area (Å²) in [4.78, 5) is 2.51. The Kier molecular flexibility index (Phi) is 5.08. The van der Waals surface area contributed by atoms with Crippen molar-refractivity contribution in [2.24, 2.45) is 0 Å². The van der Waals surface area contributed by atoms with Crippen LogP contribution in [-0.2, 0) is 19.4 Å². The molecule has 1 aromatic heterocycles. The Hall–Kier alpha value is -2.46. The average molecular weight is 363 g/mol. The molecule has 3 nitrogen and oxygen atoms in total. The highest BCUT2D eigenvalue weighted by molar-refractivity contribution is 5.65. The number of nitrogens with zero attached hydrogens (tertiary/aromatic N) is 3. The fraction of sp³-hybridized carbons (Fsp3) is 0.348. The molecule has 3 aromatic rings. The predicted molar refractivity (Wildman–Crippen MR) is 107 cm³/mol. The summed E-state index contributed by atoms with van der Waals surface area (Å²) in [5.74, 6) is -0.200. The number of benzene rings is 2. The second-order valence-corrected chi connectivity index (χ2v) is 7.58. The maximum atomic E-state index is 13.4. The van der Waals surface area contributed by atoms with Crippen LogP contribution in [-0.4, -0.2) is 27.8 Å². The third-order valence-corrected chi connectivity index (χ3v) is 5.29. The first-order chi connectivity index (χ1) is 13.1. The summed E-state index contributed by atoms with van der Waals surface area (Å²) in [7, 11) is 0. The molecule has 0 atom stereocenters. The molecule has 0 amide bonds. The van der Waals surface area contributed by atoms with Crippen molar-refractivity contribution in [3.8, 4) is 11.3 Å². The van der Waals surface area contributed by atoms with Crippen molar-refractivity contribution >= 4 is 0 Å². The van der Waals surface area contributed by atoms with E-state index in [1.54, 1.807) is 0 Å². The van der Waals surface area contributed by atoms with Gasteiger partial charge < -0.3 is 0 Å². The molecule has 4 heteroatoms. The first kappa shape index (κ1) is 17.9. The molecule has 1 aliphatic heterocycles. The molecular weight excluding hydrogens is 337 g/mol. The number of hydrogen-bond acceptors (Lipinski definition) is 2. The maximum absolute atomic E-state index is 13.4. The van der Waals surface area contributed by atoms with Crippen molar-refractivity contribution in [2.75, 3.05) is 13.1 Å². The van der Waals surface area contributed by atoms with E-state index in [0.717, 1.165) is 43.7 Å². The van der Waals surface area contributed by atoms with Crippen molar-refractivity contribution in [3.63, 3.8) is 0 Å². The number of halogens is 1. The third-order valence-electron chi connectivity index (χ3n) is 5.29. The standard InChI is InChI=1S/C23H26FN3/c1-17(2)27-23(19-8-10-20(24)11-9-19)21-12-14-26(15-13-22(21)25-27)16-18-6-4-3-5-7-18/h3-11,17H,12-16H2,1-2H3. The van der Waals surface area contributed by atoms with Crippen molar-refractivity contribution in [3.05, 3.63) is 77.2 Å². The highest BCUT2D eigenvalue weighted by Crippen LogP contribution is 2.31. The van der Waals surface area contributed by atoms with Crippen molar-refractivity contribution in [2.45, 2.75) is 39.3 Å². The van der Waals surface area contributed by atoms with E-state index in [2.05, 4.69) is 53.8 Å². The lowest BCUT2D eigenvalue weighted by Crippen LogP contribution is -2.26. The highest BCUT2D eigenvalue weighted by Gasteiger charge is 2.24. The monoisotopic (exact) mass is 363 g/mol. The Bertz CT molecular complexity index is 897. The number of hydrogen-bond donors (Lipinski definition) is 0. The lowest BCUT2D eigenvalue weighted by Gasteiger charge is -2.20. The Morgan fingerprint density at radius 2 is 1.67 bits per heavy atom. The Balaban J connectivity index is 1.63. The van der Waals surface area contributed by atoms with Crippen LogP contribution in [0.3, 0.4) is 0 Å². The van der Waals surface area contributed by atoms with Gasteiger partial charge in [-0.05, 0) is 50.1 Å². The Morgan fingerprint density at radius 1 is 0.963 bits per heavy atom. The molecule has 0 spiro atoms. The van der Waals surface area contributed by atoms with E-state index in [1.807, 2.05) is 12.1 Å². The molecule has 27 heavy (non-hydrogen) atoms. The van der Waals surface area contributed by atoms with Gasteiger partial charge in [0.25, 0.3) is 0 Å². The van der Waals surface area contributed by atoms with Gasteiger partial charge in [0.05, 0.1) is 11.4 Å². The van der Waals surface area contributed by atoms with Crippen LogP contribution < -0.4 is 0 Å². The smallest absolute Gasteiger partial charge is 0.123 e. The van der Waals surface area contributed by atoms with Gasteiger partial charge in [0, 0.05) is 43.2 Å². The highest BCUT2D eigenvalue weighted by atomic mass is 19.1. The molecule has 0 bridgehead atoms. The van der Waals surface area contributed by atoms with Gasteiger partial charge in [-0.3, -0.25) is 9.58 Å². The van der Waals surface area contributed by atoms with Crippen molar-refractivity contribution in [1.29, 1.82) is 0 Å². The van der Waals surface area contributed by atoms with Crippen LogP contribution in [0.2, 0.25) is 0 Å². The first-order valence-corrected chi connectivity index (χ1v) is 9.74. The lowest BCUT2D eigenvalue weighted by molar-refractivity contribution is 0.278. The van der Waals surface area contributed by atoms with E-state index in [1.165, 1.54) is 29.0 Å². The van der Waals surface area contributed by atoms with Crippen LogP contribution >= 0.6 is 0 Å². The van der Waals surface area contributed by atoms with Gasteiger partial charge in [-0.1, -0.05) is 30.3 Å². The van der Waals surface area contributed by atoms with Gasteiger partial charge in [0.15, 0.2) is 0 Å². The minimum absolute atomic E-state index is 0.200. The van der Waals surface area contributed by atoms with Gasteiger partial charge in [-0.25, -0.2) is 4.39 Å².